The molecule has 94 valence electrons. The predicted octanol–water partition coefficient (Wildman–Crippen LogP) is 4.96. The fourth-order valence-electron chi connectivity index (χ4n) is 2.50. The smallest absolute Gasteiger partial charge is 0.0513 e. The lowest BCUT2D eigenvalue weighted by Crippen LogP contribution is -2.32. The topological polar surface area (TPSA) is 3.24 Å². The van der Waals surface area contributed by atoms with Crippen LogP contribution in [0.25, 0.3) is 0 Å². The highest BCUT2D eigenvalue weighted by atomic mass is 79.9. The number of halogens is 2. The Morgan fingerprint density at radius 2 is 2.18 bits per heavy atom. The van der Waals surface area contributed by atoms with Gasteiger partial charge in [0, 0.05) is 22.9 Å². The van der Waals surface area contributed by atoms with Crippen LogP contribution in [0.2, 0.25) is 0 Å². The summed E-state index contributed by atoms with van der Waals surface area (Å²) < 4.78 is 1.17. The average molecular weight is 317 g/mol. The van der Waals surface area contributed by atoms with Crippen molar-refractivity contribution in [3.8, 4) is 0 Å². The third-order valence-electron chi connectivity index (χ3n) is 3.53. The van der Waals surface area contributed by atoms with Crippen molar-refractivity contribution < 1.29 is 0 Å². The molecule has 1 unspecified atom stereocenters. The van der Waals surface area contributed by atoms with Crippen molar-refractivity contribution in [1.29, 1.82) is 0 Å². The van der Waals surface area contributed by atoms with E-state index in [4.69, 9.17) is 11.6 Å². The maximum Gasteiger partial charge on any atom is 0.0513 e. The molecule has 2 rings (SSSR count). The third-order valence-corrected chi connectivity index (χ3v) is 4.47. The Morgan fingerprint density at radius 3 is 2.88 bits per heavy atom. The standard InChI is InChI=1S/C14H19BrClN/c1-11-5-3-2-4-8-17(11)14-7-6-12(10-16)9-13(14)15/h6-7,9,11H,2-5,8,10H2,1H3. The van der Waals surface area contributed by atoms with E-state index in [-0.39, 0.29) is 0 Å². The summed E-state index contributed by atoms with van der Waals surface area (Å²) in [7, 11) is 0. The van der Waals surface area contributed by atoms with E-state index in [0.717, 1.165) is 0 Å². The van der Waals surface area contributed by atoms with Gasteiger partial charge in [0.1, 0.15) is 0 Å². The van der Waals surface area contributed by atoms with Crippen LogP contribution in [0.5, 0.6) is 0 Å². The molecule has 1 atom stereocenters. The zero-order chi connectivity index (χ0) is 12.3. The van der Waals surface area contributed by atoms with Crippen LogP contribution in [0, 0.1) is 0 Å². The van der Waals surface area contributed by atoms with Crippen LogP contribution < -0.4 is 4.90 Å². The Bertz CT molecular complexity index is 380. The van der Waals surface area contributed by atoms with Gasteiger partial charge in [0.25, 0.3) is 0 Å². The molecule has 0 radical (unpaired) electrons. The fraction of sp³-hybridized carbons (Fsp3) is 0.571. The Kier molecular flexibility index (Phi) is 4.75. The van der Waals surface area contributed by atoms with E-state index in [0.29, 0.717) is 11.9 Å². The molecule has 0 spiro atoms. The van der Waals surface area contributed by atoms with Crippen LogP contribution in [0.1, 0.15) is 38.2 Å². The van der Waals surface area contributed by atoms with Gasteiger partial charge in [-0.15, -0.1) is 11.6 Å². The van der Waals surface area contributed by atoms with Crippen LogP contribution in [0.4, 0.5) is 5.69 Å². The lowest BCUT2D eigenvalue weighted by Gasteiger charge is -2.30. The summed E-state index contributed by atoms with van der Waals surface area (Å²) in [4.78, 5) is 2.52. The largest absolute Gasteiger partial charge is 0.368 e. The van der Waals surface area contributed by atoms with E-state index < -0.39 is 0 Å². The van der Waals surface area contributed by atoms with Crippen LogP contribution in [0.3, 0.4) is 0 Å². The maximum atomic E-state index is 5.86. The molecular formula is C14H19BrClN. The van der Waals surface area contributed by atoms with Crippen LogP contribution >= 0.6 is 27.5 Å². The van der Waals surface area contributed by atoms with Crippen molar-refractivity contribution in [2.24, 2.45) is 0 Å². The minimum Gasteiger partial charge on any atom is -0.368 e. The van der Waals surface area contributed by atoms with Crippen molar-refractivity contribution >= 4 is 33.2 Å². The summed E-state index contributed by atoms with van der Waals surface area (Å²) in [5.74, 6) is 0.578. The first-order valence-electron chi connectivity index (χ1n) is 6.33. The molecule has 17 heavy (non-hydrogen) atoms. The van der Waals surface area contributed by atoms with Crippen molar-refractivity contribution in [1.82, 2.24) is 0 Å². The van der Waals surface area contributed by atoms with Crippen molar-refractivity contribution in [2.45, 2.75) is 44.5 Å². The summed E-state index contributed by atoms with van der Waals surface area (Å²) in [6.07, 6.45) is 5.31. The molecule has 1 nitrogen and oxygen atoms in total. The average Bonchev–Trinajstić information content (AvgIpc) is 2.54. The molecule has 0 aliphatic carbocycles. The molecule has 1 aliphatic heterocycles. The second-order valence-corrected chi connectivity index (χ2v) is 5.93. The Morgan fingerprint density at radius 1 is 1.35 bits per heavy atom. The molecule has 0 saturated carbocycles. The molecule has 3 heteroatoms. The van der Waals surface area contributed by atoms with Gasteiger partial charge in [0.05, 0.1) is 5.69 Å². The number of alkyl halides is 1. The highest BCUT2D eigenvalue weighted by molar-refractivity contribution is 9.10. The second kappa shape index (κ2) is 6.10. The molecule has 0 aromatic heterocycles. The highest BCUT2D eigenvalue weighted by Gasteiger charge is 2.19. The number of benzene rings is 1. The minimum atomic E-state index is 0.578. The zero-order valence-corrected chi connectivity index (χ0v) is 12.6. The van der Waals surface area contributed by atoms with Crippen molar-refractivity contribution in [2.75, 3.05) is 11.4 Å². The first-order chi connectivity index (χ1) is 8.22. The number of nitrogens with zero attached hydrogens (tertiary/aromatic N) is 1. The normalized spacial score (nSPS) is 21.4. The molecule has 1 aliphatic rings. The predicted molar refractivity (Wildman–Crippen MR) is 79.0 cm³/mol. The Balaban J connectivity index is 2.25. The SMILES string of the molecule is CC1CCCCCN1c1ccc(CCl)cc1Br. The molecule has 0 bridgehead atoms. The van der Waals surface area contributed by atoms with E-state index in [1.165, 1.54) is 48.0 Å². The molecule has 1 saturated heterocycles. The van der Waals surface area contributed by atoms with Gasteiger partial charge in [-0.1, -0.05) is 18.9 Å². The minimum absolute atomic E-state index is 0.578. The number of rotatable bonds is 2. The van der Waals surface area contributed by atoms with Crippen molar-refractivity contribution in [3.05, 3.63) is 28.2 Å². The number of anilines is 1. The quantitative estimate of drug-likeness (QED) is 0.697. The molecule has 0 N–H and O–H groups in total. The fourth-order valence-corrected chi connectivity index (χ4v) is 3.32. The maximum absolute atomic E-state index is 5.86. The highest BCUT2D eigenvalue weighted by Crippen LogP contribution is 2.32. The molecule has 0 amide bonds. The number of hydrogen-bond donors (Lipinski definition) is 0. The van der Waals surface area contributed by atoms with Gasteiger partial charge in [-0.05, 0) is 53.4 Å². The van der Waals surface area contributed by atoms with E-state index >= 15 is 0 Å². The first kappa shape index (κ1) is 13.2. The van der Waals surface area contributed by atoms with Crippen LogP contribution in [-0.4, -0.2) is 12.6 Å². The van der Waals surface area contributed by atoms with Gasteiger partial charge < -0.3 is 4.90 Å². The summed E-state index contributed by atoms with van der Waals surface area (Å²) in [6, 6.07) is 7.10. The monoisotopic (exact) mass is 315 g/mol. The van der Waals surface area contributed by atoms with Gasteiger partial charge in [-0.3, -0.25) is 0 Å². The summed E-state index contributed by atoms with van der Waals surface area (Å²) in [5, 5.41) is 0. The lowest BCUT2D eigenvalue weighted by atomic mass is 10.1. The van der Waals surface area contributed by atoms with Gasteiger partial charge in [0.15, 0.2) is 0 Å². The molecule has 1 aromatic carbocycles. The second-order valence-electron chi connectivity index (χ2n) is 4.81. The molecule has 1 fully saturated rings. The van der Waals surface area contributed by atoms with Gasteiger partial charge in [-0.2, -0.15) is 0 Å². The summed E-state index contributed by atoms with van der Waals surface area (Å²) >= 11 is 9.53. The van der Waals surface area contributed by atoms with Gasteiger partial charge in [0.2, 0.25) is 0 Å². The summed E-state index contributed by atoms with van der Waals surface area (Å²) in [5.41, 5.74) is 2.48. The number of hydrogen-bond acceptors (Lipinski definition) is 1. The molecule has 1 heterocycles. The van der Waals surface area contributed by atoms with E-state index in [1.807, 2.05) is 0 Å². The van der Waals surface area contributed by atoms with Crippen LogP contribution in [0.15, 0.2) is 22.7 Å². The lowest BCUT2D eigenvalue weighted by molar-refractivity contribution is 0.615. The Labute approximate surface area is 117 Å². The van der Waals surface area contributed by atoms with E-state index in [2.05, 4.69) is 46.0 Å². The third kappa shape index (κ3) is 3.17. The first-order valence-corrected chi connectivity index (χ1v) is 7.66. The van der Waals surface area contributed by atoms with E-state index in [1.54, 1.807) is 0 Å². The van der Waals surface area contributed by atoms with Gasteiger partial charge in [-0.25, -0.2) is 0 Å². The van der Waals surface area contributed by atoms with E-state index in [9.17, 15) is 0 Å². The zero-order valence-electron chi connectivity index (χ0n) is 10.3. The summed E-state index contributed by atoms with van der Waals surface area (Å²) in [6.45, 7) is 3.49. The van der Waals surface area contributed by atoms with Crippen molar-refractivity contribution in [3.63, 3.8) is 0 Å². The molecular weight excluding hydrogens is 298 g/mol. The van der Waals surface area contributed by atoms with Gasteiger partial charge >= 0.3 is 0 Å². The Hall–Kier alpha value is -0.210. The van der Waals surface area contributed by atoms with Crippen LogP contribution in [-0.2, 0) is 5.88 Å². The molecule has 1 aromatic rings.